The Bertz CT molecular complexity index is 872. The van der Waals surface area contributed by atoms with Crippen molar-refractivity contribution in [2.45, 2.75) is 31.7 Å². The van der Waals surface area contributed by atoms with Crippen LogP contribution in [0.2, 0.25) is 0 Å². The van der Waals surface area contributed by atoms with Crippen LogP contribution >= 0.6 is 0 Å². The van der Waals surface area contributed by atoms with Gasteiger partial charge in [-0.3, -0.25) is 4.79 Å². The minimum atomic E-state index is 0.113. The number of hydrogen-bond donors (Lipinski definition) is 0. The highest BCUT2D eigenvalue weighted by atomic mass is 16.5. The van der Waals surface area contributed by atoms with Crippen LogP contribution in [-0.2, 0) is 4.79 Å². The summed E-state index contributed by atoms with van der Waals surface area (Å²) in [7, 11) is 5.81. The second kappa shape index (κ2) is 9.64. The van der Waals surface area contributed by atoms with Crippen LogP contribution < -0.4 is 9.64 Å². The summed E-state index contributed by atoms with van der Waals surface area (Å²) in [6.45, 7) is 3.81. The monoisotopic (exact) mass is 423 g/mol. The van der Waals surface area contributed by atoms with E-state index in [2.05, 4.69) is 27.0 Å². The van der Waals surface area contributed by atoms with Gasteiger partial charge in [0.05, 0.1) is 12.8 Å². The summed E-state index contributed by atoms with van der Waals surface area (Å²) in [5, 5.41) is 8.89. The van der Waals surface area contributed by atoms with Crippen molar-refractivity contribution in [3.8, 4) is 17.0 Å². The lowest BCUT2D eigenvalue weighted by Gasteiger charge is -2.38. The minimum absolute atomic E-state index is 0.113. The molecule has 2 aromatic rings. The molecule has 2 saturated heterocycles. The van der Waals surface area contributed by atoms with E-state index < -0.39 is 0 Å². The summed E-state index contributed by atoms with van der Waals surface area (Å²) in [5.74, 6) is 2.08. The molecule has 2 aliphatic rings. The third kappa shape index (κ3) is 4.82. The summed E-state index contributed by atoms with van der Waals surface area (Å²) in [6.07, 6.45) is 3.88. The van der Waals surface area contributed by atoms with Crippen molar-refractivity contribution in [2.75, 3.05) is 52.3 Å². The van der Waals surface area contributed by atoms with Crippen molar-refractivity contribution in [1.82, 2.24) is 20.0 Å². The first-order valence-corrected chi connectivity index (χ1v) is 11.2. The fourth-order valence-electron chi connectivity index (χ4n) is 4.70. The Hall–Kier alpha value is -2.67. The molecule has 0 spiro atoms. The number of piperidine rings is 2. The van der Waals surface area contributed by atoms with Gasteiger partial charge in [0.15, 0.2) is 5.82 Å². The SMILES string of the molecule is COc1ccccc1-c1ccc(N2CCC(C(=O)N(C)C3CCN(C)CC3)CC2)nn1. The van der Waals surface area contributed by atoms with Gasteiger partial charge in [0.25, 0.3) is 0 Å². The number of rotatable bonds is 5. The molecule has 1 aromatic carbocycles. The Balaban J connectivity index is 1.34. The standard InChI is InChI=1S/C24H33N5O2/c1-27-14-12-19(13-15-27)28(2)24(30)18-10-16-29(17-11-18)23-9-8-21(25-26-23)20-6-4-5-7-22(20)31-3/h4-9,18-19H,10-17H2,1-3H3. The van der Waals surface area contributed by atoms with Crippen LogP contribution in [0, 0.1) is 5.92 Å². The van der Waals surface area contributed by atoms with Gasteiger partial charge in [-0.15, -0.1) is 10.2 Å². The first-order chi connectivity index (χ1) is 15.1. The number of methoxy groups -OCH3 is 1. The summed E-state index contributed by atoms with van der Waals surface area (Å²) >= 11 is 0. The van der Waals surface area contributed by atoms with Crippen LogP contribution in [0.25, 0.3) is 11.3 Å². The lowest BCUT2D eigenvalue weighted by molar-refractivity contribution is -0.137. The molecule has 31 heavy (non-hydrogen) atoms. The number of likely N-dealkylation sites (tertiary alicyclic amines) is 1. The minimum Gasteiger partial charge on any atom is -0.496 e. The van der Waals surface area contributed by atoms with Crippen molar-refractivity contribution < 1.29 is 9.53 Å². The average Bonchev–Trinajstić information content (AvgIpc) is 2.84. The molecule has 0 radical (unpaired) electrons. The van der Waals surface area contributed by atoms with E-state index in [0.29, 0.717) is 11.9 Å². The number of carbonyl (C=O) groups is 1. The molecule has 0 atom stereocenters. The molecule has 3 heterocycles. The van der Waals surface area contributed by atoms with E-state index in [9.17, 15) is 4.79 Å². The Labute approximate surface area is 185 Å². The number of amides is 1. The van der Waals surface area contributed by atoms with E-state index in [-0.39, 0.29) is 5.92 Å². The largest absolute Gasteiger partial charge is 0.496 e. The Morgan fingerprint density at radius 2 is 1.71 bits per heavy atom. The van der Waals surface area contributed by atoms with Gasteiger partial charge in [-0.1, -0.05) is 12.1 Å². The summed E-state index contributed by atoms with van der Waals surface area (Å²) < 4.78 is 5.43. The molecule has 7 heteroatoms. The van der Waals surface area contributed by atoms with E-state index in [0.717, 1.165) is 74.7 Å². The smallest absolute Gasteiger partial charge is 0.225 e. The van der Waals surface area contributed by atoms with Gasteiger partial charge in [-0.05, 0) is 70.1 Å². The number of para-hydroxylation sites is 1. The van der Waals surface area contributed by atoms with Crippen LogP contribution in [0.15, 0.2) is 36.4 Å². The molecule has 1 aromatic heterocycles. The number of ether oxygens (including phenoxy) is 1. The van der Waals surface area contributed by atoms with Gasteiger partial charge in [-0.25, -0.2) is 0 Å². The van der Waals surface area contributed by atoms with Gasteiger partial charge in [-0.2, -0.15) is 0 Å². The maximum Gasteiger partial charge on any atom is 0.225 e. The lowest BCUT2D eigenvalue weighted by atomic mass is 9.93. The van der Waals surface area contributed by atoms with Crippen LogP contribution in [0.1, 0.15) is 25.7 Å². The zero-order valence-electron chi connectivity index (χ0n) is 18.8. The Kier molecular flexibility index (Phi) is 6.70. The molecular formula is C24H33N5O2. The predicted octanol–water partition coefficient (Wildman–Crippen LogP) is 2.92. The molecule has 166 valence electrons. The second-order valence-corrected chi connectivity index (χ2v) is 8.72. The van der Waals surface area contributed by atoms with E-state index in [1.54, 1.807) is 7.11 Å². The maximum atomic E-state index is 13.0. The van der Waals surface area contributed by atoms with Crippen LogP contribution in [0.4, 0.5) is 5.82 Å². The molecule has 0 aliphatic carbocycles. The van der Waals surface area contributed by atoms with Crippen molar-refractivity contribution >= 4 is 11.7 Å². The molecule has 7 nitrogen and oxygen atoms in total. The summed E-state index contributed by atoms with van der Waals surface area (Å²) in [5.41, 5.74) is 1.73. The maximum absolute atomic E-state index is 13.0. The number of hydrogen-bond acceptors (Lipinski definition) is 6. The molecular weight excluding hydrogens is 390 g/mol. The zero-order chi connectivity index (χ0) is 21.8. The van der Waals surface area contributed by atoms with Crippen molar-refractivity contribution in [3.63, 3.8) is 0 Å². The van der Waals surface area contributed by atoms with E-state index in [4.69, 9.17) is 4.74 Å². The average molecular weight is 424 g/mol. The first-order valence-electron chi connectivity index (χ1n) is 11.2. The number of benzene rings is 1. The number of aromatic nitrogens is 2. The van der Waals surface area contributed by atoms with Gasteiger partial charge in [0, 0.05) is 37.7 Å². The Morgan fingerprint density at radius 1 is 1.00 bits per heavy atom. The van der Waals surface area contributed by atoms with Crippen molar-refractivity contribution in [3.05, 3.63) is 36.4 Å². The van der Waals surface area contributed by atoms with Gasteiger partial charge < -0.3 is 19.4 Å². The second-order valence-electron chi connectivity index (χ2n) is 8.72. The summed E-state index contributed by atoms with van der Waals surface area (Å²) in [4.78, 5) is 19.6. The molecule has 4 rings (SSSR count). The molecule has 2 fully saturated rings. The first kappa shape index (κ1) is 21.6. The van der Waals surface area contributed by atoms with E-state index in [1.807, 2.05) is 48.3 Å². The molecule has 0 saturated carbocycles. The molecule has 0 N–H and O–H groups in total. The topological polar surface area (TPSA) is 61.8 Å². The number of carbonyl (C=O) groups excluding carboxylic acids is 1. The van der Waals surface area contributed by atoms with Gasteiger partial charge in [0.2, 0.25) is 5.91 Å². The predicted molar refractivity (Wildman–Crippen MR) is 122 cm³/mol. The number of nitrogens with zero attached hydrogens (tertiary/aromatic N) is 5. The van der Waals surface area contributed by atoms with Crippen molar-refractivity contribution in [2.24, 2.45) is 5.92 Å². The van der Waals surface area contributed by atoms with Gasteiger partial charge >= 0.3 is 0 Å². The van der Waals surface area contributed by atoms with Crippen LogP contribution in [0.5, 0.6) is 5.75 Å². The normalized spacial score (nSPS) is 18.7. The third-order valence-corrected chi connectivity index (χ3v) is 6.79. The van der Waals surface area contributed by atoms with Crippen LogP contribution in [-0.4, -0.2) is 79.3 Å². The van der Waals surface area contributed by atoms with E-state index >= 15 is 0 Å². The molecule has 2 aliphatic heterocycles. The summed E-state index contributed by atoms with van der Waals surface area (Å²) in [6, 6.07) is 12.2. The highest BCUT2D eigenvalue weighted by Crippen LogP contribution is 2.29. The molecule has 0 bridgehead atoms. The lowest BCUT2D eigenvalue weighted by Crippen LogP contribution is -2.48. The fourth-order valence-corrected chi connectivity index (χ4v) is 4.70. The number of anilines is 1. The Morgan fingerprint density at radius 3 is 2.35 bits per heavy atom. The molecule has 1 amide bonds. The van der Waals surface area contributed by atoms with E-state index in [1.165, 1.54) is 0 Å². The zero-order valence-corrected chi connectivity index (χ0v) is 18.8. The quantitative estimate of drug-likeness (QED) is 0.737. The highest BCUT2D eigenvalue weighted by Gasteiger charge is 2.31. The molecule has 0 unspecified atom stereocenters. The van der Waals surface area contributed by atoms with Crippen LogP contribution in [0.3, 0.4) is 0 Å². The highest BCUT2D eigenvalue weighted by molar-refractivity contribution is 5.79. The third-order valence-electron chi connectivity index (χ3n) is 6.79. The van der Waals surface area contributed by atoms with Gasteiger partial charge in [0.1, 0.15) is 5.75 Å². The fraction of sp³-hybridized carbons (Fsp3) is 0.542. The van der Waals surface area contributed by atoms with Crippen molar-refractivity contribution in [1.29, 1.82) is 0 Å².